The number of carbonyl (C=O) groups excluding carboxylic acids is 2. The highest BCUT2D eigenvalue weighted by atomic mass is 35.5. The number of ether oxygens (including phenoxy) is 1. The molecule has 0 aliphatic heterocycles. The first-order valence-corrected chi connectivity index (χ1v) is 5.71. The summed E-state index contributed by atoms with van der Waals surface area (Å²) in [4.78, 5) is 26.7. The minimum absolute atomic E-state index is 0.137. The van der Waals surface area contributed by atoms with Crippen molar-refractivity contribution in [3.05, 3.63) is 23.5 Å². The number of carbonyl (C=O) groups is 2. The third-order valence-electron chi connectivity index (χ3n) is 2.02. The van der Waals surface area contributed by atoms with Gasteiger partial charge in [0.25, 0.3) is 0 Å². The molecule has 2 amide bonds. The van der Waals surface area contributed by atoms with Crippen molar-refractivity contribution in [2.24, 2.45) is 0 Å². The number of halogens is 1. The Morgan fingerprint density at radius 2 is 2.22 bits per heavy atom. The lowest BCUT2D eigenvalue weighted by molar-refractivity contribution is -0.136. The topological polar surface area (TPSA) is 80.3 Å². The van der Waals surface area contributed by atoms with Gasteiger partial charge in [-0.05, 0) is 18.6 Å². The molecule has 0 unspecified atom stereocenters. The van der Waals surface area contributed by atoms with Crippen LogP contribution in [0.25, 0.3) is 0 Å². The van der Waals surface area contributed by atoms with Crippen molar-refractivity contribution in [1.82, 2.24) is 10.3 Å². The van der Waals surface area contributed by atoms with E-state index in [9.17, 15) is 9.59 Å². The van der Waals surface area contributed by atoms with Crippen LogP contribution in [0.1, 0.15) is 6.42 Å². The number of hydrogen-bond acceptors (Lipinski definition) is 4. The standard InChI is InChI=1S/C11H14ClN3O3/c1-18-7-3-6-14-10(16)11(17)15-8-4-2-5-13-9(8)12/h2,4-5H,3,6-7H2,1H3,(H,14,16)(H,15,17). The van der Waals surface area contributed by atoms with Crippen molar-refractivity contribution < 1.29 is 14.3 Å². The van der Waals surface area contributed by atoms with Crippen LogP contribution in [0.3, 0.4) is 0 Å². The molecular weight excluding hydrogens is 258 g/mol. The van der Waals surface area contributed by atoms with Crippen molar-refractivity contribution in [2.45, 2.75) is 6.42 Å². The van der Waals surface area contributed by atoms with Gasteiger partial charge in [0.15, 0.2) is 5.15 Å². The molecule has 0 saturated carbocycles. The summed E-state index contributed by atoms with van der Waals surface area (Å²) in [5.41, 5.74) is 0.302. The summed E-state index contributed by atoms with van der Waals surface area (Å²) >= 11 is 5.74. The minimum atomic E-state index is -0.776. The summed E-state index contributed by atoms with van der Waals surface area (Å²) in [5, 5.41) is 4.97. The Morgan fingerprint density at radius 3 is 2.89 bits per heavy atom. The molecule has 1 aromatic heterocycles. The molecule has 0 aromatic carbocycles. The predicted molar refractivity (Wildman–Crippen MR) is 67.4 cm³/mol. The number of nitrogens with zero attached hydrogens (tertiary/aromatic N) is 1. The molecule has 18 heavy (non-hydrogen) atoms. The zero-order valence-electron chi connectivity index (χ0n) is 9.90. The number of nitrogens with one attached hydrogen (secondary N) is 2. The first-order valence-electron chi connectivity index (χ1n) is 5.33. The lowest BCUT2D eigenvalue weighted by Crippen LogP contribution is -2.36. The monoisotopic (exact) mass is 271 g/mol. The molecule has 6 nitrogen and oxygen atoms in total. The molecule has 0 aliphatic rings. The average Bonchev–Trinajstić information content (AvgIpc) is 2.37. The van der Waals surface area contributed by atoms with E-state index >= 15 is 0 Å². The second-order valence-electron chi connectivity index (χ2n) is 3.40. The van der Waals surface area contributed by atoms with Crippen LogP contribution in [0.5, 0.6) is 0 Å². The van der Waals surface area contributed by atoms with Gasteiger partial charge < -0.3 is 15.4 Å². The van der Waals surface area contributed by atoms with Crippen LogP contribution in [-0.2, 0) is 14.3 Å². The minimum Gasteiger partial charge on any atom is -0.385 e. The highest BCUT2D eigenvalue weighted by Crippen LogP contribution is 2.16. The maximum atomic E-state index is 11.5. The molecule has 2 N–H and O–H groups in total. The van der Waals surface area contributed by atoms with Crippen molar-refractivity contribution in [2.75, 3.05) is 25.6 Å². The van der Waals surface area contributed by atoms with E-state index in [-0.39, 0.29) is 5.15 Å². The van der Waals surface area contributed by atoms with Gasteiger partial charge in [-0.3, -0.25) is 9.59 Å². The Hall–Kier alpha value is -1.66. The van der Waals surface area contributed by atoms with E-state index in [1.807, 2.05) is 0 Å². The molecule has 7 heteroatoms. The number of hydrogen-bond donors (Lipinski definition) is 2. The van der Waals surface area contributed by atoms with Crippen molar-refractivity contribution >= 4 is 29.1 Å². The van der Waals surface area contributed by atoms with Gasteiger partial charge in [-0.15, -0.1) is 0 Å². The van der Waals surface area contributed by atoms with Gasteiger partial charge in [0.1, 0.15) is 0 Å². The second kappa shape index (κ2) is 7.62. The van der Waals surface area contributed by atoms with Crippen LogP contribution >= 0.6 is 11.6 Å². The second-order valence-corrected chi connectivity index (χ2v) is 3.76. The van der Waals surface area contributed by atoms with Crippen molar-refractivity contribution in [3.63, 3.8) is 0 Å². The smallest absolute Gasteiger partial charge is 0.313 e. The van der Waals surface area contributed by atoms with Crippen molar-refractivity contribution in [1.29, 1.82) is 0 Å². The molecule has 0 radical (unpaired) electrons. The lowest BCUT2D eigenvalue weighted by atomic mass is 10.4. The molecule has 1 rings (SSSR count). The Kier molecular flexibility index (Phi) is 6.10. The predicted octanol–water partition coefficient (Wildman–Crippen LogP) is 0.826. The van der Waals surface area contributed by atoms with Crippen LogP contribution in [0, 0.1) is 0 Å². The molecule has 0 aliphatic carbocycles. The van der Waals surface area contributed by atoms with E-state index in [0.717, 1.165) is 0 Å². The summed E-state index contributed by atoms with van der Waals surface area (Å²) in [6.45, 7) is 0.900. The Balaban J connectivity index is 2.41. The fourth-order valence-corrected chi connectivity index (χ4v) is 1.32. The van der Waals surface area contributed by atoms with E-state index in [1.54, 1.807) is 19.2 Å². The molecule has 1 aromatic rings. The van der Waals surface area contributed by atoms with E-state index in [0.29, 0.717) is 25.3 Å². The third kappa shape index (κ3) is 4.68. The number of anilines is 1. The van der Waals surface area contributed by atoms with Gasteiger partial charge in [0.2, 0.25) is 0 Å². The number of amides is 2. The number of pyridine rings is 1. The quantitative estimate of drug-likeness (QED) is 0.472. The average molecular weight is 272 g/mol. The largest absolute Gasteiger partial charge is 0.385 e. The normalized spacial score (nSPS) is 9.89. The Labute approximate surface area is 110 Å². The van der Waals surface area contributed by atoms with Gasteiger partial charge in [-0.2, -0.15) is 0 Å². The number of rotatable bonds is 5. The van der Waals surface area contributed by atoms with E-state index in [2.05, 4.69) is 15.6 Å². The zero-order chi connectivity index (χ0) is 13.4. The van der Waals surface area contributed by atoms with Crippen LogP contribution in [0.15, 0.2) is 18.3 Å². The number of aromatic nitrogens is 1. The highest BCUT2D eigenvalue weighted by Gasteiger charge is 2.14. The van der Waals surface area contributed by atoms with Gasteiger partial charge in [-0.1, -0.05) is 11.6 Å². The first-order chi connectivity index (χ1) is 8.65. The maximum Gasteiger partial charge on any atom is 0.313 e. The summed E-state index contributed by atoms with van der Waals surface area (Å²) in [5.74, 6) is -1.49. The molecular formula is C11H14ClN3O3. The van der Waals surface area contributed by atoms with Crippen LogP contribution in [-0.4, -0.2) is 37.1 Å². The van der Waals surface area contributed by atoms with Gasteiger partial charge >= 0.3 is 11.8 Å². The summed E-state index contributed by atoms with van der Waals surface area (Å²) in [7, 11) is 1.57. The fraction of sp³-hybridized carbons (Fsp3) is 0.364. The van der Waals surface area contributed by atoms with E-state index in [4.69, 9.17) is 16.3 Å². The Bertz CT molecular complexity index is 426. The number of methoxy groups -OCH3 is 1. The van der Waals surface area contributed by atoms with Crippen molar-refractivity contribution in [3.8, 4) is 0 Å². The molecule has 0 fully saturated rings. The zero-order valence-corrected chi connectivity index (χ0v) is 10.7. The molecule has 98 valence electrons. The van der Waals surface area contributed by atoms with Crippen LogP contribution in [0.4, 0.5) is 5.69 Å². The SMILES string of the molecule is COCCCNC(=O)C(=O)Nc1cccnc1Cl. The molecule has 0 bridgehead atoms. The van der Waals surface area contributed by atoms with Crippen LogP contribution in [0.2, 0.25) is 5.15 Å². The molecule has 1 heterocycles. The van der Waals surface area contributed by atoms with Gasteiger partial charge in [0.05, 0.1) is 5.69 Å². The molecule has 0 spiro atoms. The first kappa shape index (κ1) is 14.4. The maximum absolute atomic E-state index is 11.5. The van der Waals surface area contributed by atoms with E-state index < -0.39 is 11.8 Å². The molecule has 0 saturated heterocycles. The van der Waals surface area contributed by atoms with Crippen LogP contribution < -0.4 is 10.6 Å². The van der Waals surface area contributed by atoms with Gasteiger partial charge in [0, 0.05) is 26.5 Å². The molecule has 0 atom stereocenters. The van der Waals surface area contributed by atoms with E-state index in [1.165, 1.54) is 6.20 Å². The summed E-state index contributed by atoms with van der Waals surface area (Å²) < 4.78 is 4.82. The lowest BCUT2D eigenvalue weighted by Gasteiger charge is -2.06. The Morgan fingerprint density at radius 1 is 1.44 bits per heavy atom. The summed E-state index contributed by atoms with van der Waals surface area (Å²) in [6.07, 6.45) is 2.13. The summed E-state index contributed by atoms with van der Waals surface area (Å²) in [6, 6.07) is 3.17. The third-order valence-corrected chi connectivity index (χ3v) is 2.33. The van der Waals surface area contributed by atoms with Gasteiger partial charge in [-0.25, -0.2) is 4.98 Å². The highest BCUT2D eigenvalue weighted by molar-refractivity contribution is 6.41. The fourth-order valence-electron chi connectivity index (χ4n) is 1.16.